The van der Waals surface area contributed by atoms with Crippen molar-refractivity contribution in [2.75, 3.05) is 31.1 Å². The van der Waals surface area contributed by atoms with Crippen LogP contribution < -0.4 is 16.0 Å². The maximum Gasteiger partial charge on any atom is 0.433 e. The molecule has 2 aliphatic heterocycles. The summed E-state index contributed by atoms with van der Waals surface area (Å²) in [7, 11) is 0. The molecule has 0 aromatic carbocycles. The van der Waals surface area contributed by atoms with Crippen LogP contribution in [-0.2, 0) is 6.18 Å². The number of alkyl halides is 3. The summed E-state index contributed by atoms with van der Waals surface area (Å²) in [6.07, 6.45) is -0.914. The van der Waals surface area contributed by atoms with E-state index in [2.05, 4.69) is 20.3 Å². The van der Waals surface area contributed by atoms with Crippen molar-refractivity contribution in [3.8, 4) is 0 Å². The van der Waals surface area contributed by atoms with Crippen LogP contribution in [0, 0.1) is 0 Å². The van der Waals surface area contributed by atoms with Gasteiger partial charge in [0.15, 0.2) is 5.69 Å². The summed E-state index contributed by atoms with van der Waals surface area (Å²) in [4.78, 5) is 13.8. The van der Waals surface area contributed by atoms with E-state index in [0.717, 1.165) is 25.6 Å². The highest BCUT2D eigenvalue weighted by Crippen LogP contribution is 2.31. The van der Waals surface area contributed by atoms with Crippen molar-refractivity contribution in [2.24, 2.45) is 10.7 Å². The topological polar surface area (TPSA) is 79.4 Å². The average molecular weight is 326 g/mol. The van der Waals surface area contributed by atoms with Crippen LogP contribution in [0.2, 0.25) is 0 Å². The molecule has 0 spiro atoms. The molecule has 0 atom stereocenters. The first kappa shape index (κ1) is 15.7. The molecule has 0 aliphatic carbocycles. The zero-order valence-corrected chi connectivity index (χ0v) is 12.3. The normalized spacial score (nSPS) is 19.8. The maximum absolute atomic E-state index is 13.1. The lowest BCUT2D eigenvalue weighted by Crippen LogP contribution is -2.45. The Kier molecular flexibility index (Phi) is 4.20. The minimum Gasteiger partial charge on any atom is -0.404 e. The van der Waals surface area contributed by atoms with Gasteiger partial charge in [-0.1, -0.05) is 0 Å². The molecule has 6 nitrogen and oxygen atoms in total. The number of allylic oxidation sites excluding steroid dienone is 1. The molecule has 1 aromatic rings. The number of halogens is 3. The van der Waals surface area contributed by atoms with Crippen LogP contribution in [0.1, 0.15) is 17.8 Å². The number of hydrogen-bond acceptors (Lipinski definition) is 6. The molecule has 0 saturated carbocycles. The summed E-state index contributed by atoms with van der Waals surface area (Å²) in [6, 6.07) is 1.04. The Morgan fingerprint density at radius 1 is 1.35 bits per heavy atom. The largest absolute Gasteiger partial charge is 0.433 e. The van der Waals surface area contributed by atoms with Crippen LogP contribution >= 0.6 is 0 Å². The molecular weight excluding hydrogens is 309 g/mol. The van der Waals surface area contributed by atoms with Crippen LogP contribution in [0.25, 0.3) is 5.57 Å². The second kappa shape index (κ2) is 6.15. The second-order valence-corrected chi connectivity index (χ2v) is 5.49. The van der Waals surface area contributed by atoms with Crippen molar-refractivity contribution in [1.29, 1.82) is 0 Å². The number of nitrogens with two attached hydrogens (primary N) is 1. The molecule has 9 heteroatoms. The predicted molar refractivity (Wildman–Crippen MR) is 81.2 cm³/mol. The SMILES string of the molecule is N/C=C(\C=NC1CNC1)c1cc(C(F)(F)F)nc(N2CCC2)n1. The maximum atomic E-state index is 13.1. The van der Waals surface area contributed by atoms with Crippen molar-refractivity contribution in [1.82, 2.24) is 15.3 Å². The highest BCUT2D eigenvalue weighted by atomic mass is 19.4. The lowest BCUT2D eigenvalue weighted by atomic mass is 10.1. The van der Waals surface area contributed by atoms with E-state index in [9.17, 15) is 13.2 Å². The fourth-order valence-electron chi connectivity index (χ4n) is 2.14. The van der Waals surface area contributed by atoms with Gasteiger partial charge >= 0.3 is 6.18 Å². The lowest BCUT2D eigenvalue weighted by Gasteiger charge is -2.31. The predicted octanol–water partition coefficient (Wildman–Crippen LogP) is 1.05. The zero-order chi connectivity index (χ0) is 16.4. The van der Waals surface area contributed by atoms with Gasteiger partial charge in [-0.3, -0.25) is 4.99 Å². The van der Waals surface area contributed by atoms with Crippen molar-refractivity contribution >= 4 is 17.7 Å². The third-order valence-electron chi connectivity index (χ3n) is 3.80. The van der Waals surface area contributed by atoms with Crippen molar-refractivity contribution in [2.45, 2.75) is 18.6 Å². The Labute approximate surface area is 131 Å². The van der Waals surface area contributed by atoms with Crippen LogP contribution in [0.15, 0.2) is 17.3 Å². The molecular formula is C14H17F3N6. The van der Waals surface area contributed by atoms with E-state index in [0.29, 0.717) is 18.7 Å². The minimum absolute atomic E-state index is 0.0825. The number of anilines is 1. The van der Waals surface area contributed by atoms with Gasteiger partial charge < -0.3 is 16.0 Å². The van der Waals surface area contributed by atoms with Gasteiger partial charge in [-0.25, -0.2) is 9.97 Å². The molecule has 3 rings (SSSR count). The third-order valence-corrected chi connectivity index (χ3v) is 3.80. The zero-order valence-electron chi connectivity index (χ0n) is 12.3. The van der Waals surface area contributed by atoms with Crippen LogP contribution in [-0.4, -0.2) is 48.4 Å². The van der Waals surface area contributed by atoms with Crippen LogP contribution in [0.4, 0.5) is 19.1 Å². The minimum atomic E-state index is -4.54. The summed E-state index contributed by atoms with van der Waals surface area (Å²) < 4.78 is 39.2. The Bertz CT molecular complexity index is 632. The molecule has 0 amide bonds. The van der Waals surface area contributed by atoms with E-state index in [1.165, 1.54) is 12.4 Å². The number of aromatic nitrogens is 2. The highest BCUT2D eigenvalue weighted by Gasteiger charge is 2.35. The molecule has 3 heterocycles. The summed E-state index contributed by atoms with van der Waals surface area (Å²) in [6.45, 7) is 2.82. The quantitative estimate of drug-likeness (QED) is 0.809. The Hall–Kier alpha value is -2.16. The third kappa shape index (κ3) is 3.44. The second-order valence-electron chi connectivity index (χ2n) is 5.49. The van der Waals surface area contributed by atoms with Gasteiger partial charge in [-0.15, -0.1) is 0 Å². The molecule has 0 bridgehead atoms. The standard InChI is InChI=1S/C14H17F3N6/c15-14(16,17)12-4-11(21-13(22-12)23-2-1-3-23)9(5-18)6-20-10-7-19-8-10/h4-6,10,19H,1-3,7-8,18H2/b9-5+,20-6?. The van der Waals surface area contributed by atoms with Crippen LogP contribution in [0.3, 0.4) is 0 Å². The molecule has 2 fully saturated rings. The monoisotopic (exact) mass is 326 g/mol. The van der Waals surface area contributed by atoms with Gasteiger partial charge in [0.2, 0.25) is 5.95 Å². The summed E-state index contributed by atoms with van der Waals surface area (Å²) >= 11 is 0. The first-order valence-electron chi connectivity index (χ1n) is 7.35. The van der Waals surface area contributed by atoms with E-state index in [4.69, 9.17) is 5.73 Å². The Morgan fingerprint density at radius 2 is 2.09 bits per heavy atom. The van der Waals surface area contributed by atoms with E-state index < -0.39 is 11.9 Å². The summed E-state index contributed by atoms with van der Waals surface area (Å²) in [5.41, 5.74) is 5.07. The number of aliphatic imine (C=N–C) groups is 1. The first-order valence-corrected chi connectivity index (χ1v) is 7.35. The molecule has 124 valence electrons. The molecule has 23 heavy (non-hydrogen) atoms. The summed E-state index contributed by atoms with van der Waals surface area (Å²) in [5.74, 6) is 0.0825. The van der Waals surface area contributed by atoms with Gasteiger partial charge in [0, 0.05) is 44.2 Å². The molecule has 1 aromatic heterocycles. The van der Waals surface area contributed by atoms with E-state index in [1.54, 1.807) is 4.90 Å². The van der Waals surface area contributed by atoms with E-state index in [1.807, 2.05) is 0 Å². The Morgan fingerprint density at radius 3 is 2.57 bits per heavy atom. The Balaban J connectivity index is 1.93. The van der Waals surface area contributed by atoms with E-state index >= 15 is 0 Å². The fraction of sp³-hybridized carbons (Fsp3) is 0.500. The molecule has 0 radical (unpaired) electrons. The number of nitrogens with one attached hydrogen (secondary N) is 1. The first-order chi connectivity index (χ1) is 11.0. The summed E-state index contributed by atoms with van der Waals surface area (Å²) in [5, 5.41) is 3.07. The van der Waals surface area contributed by atoms with Gasteiger partial charge in [0.25, 0.3) is 0 Å². The number of hydrogen-bond donors (Lipinski definition) is 2. The van der Waals surface area contributed by atoms with Gasteiger partial charge in [0.05, 0.1) is 11.7 Å². The number of rotatable bonds is 4. The average Bonchev–Trinajstić information content (AvgIpc) is 2.38. The van der Waals surface area contributed by atoms with Gasteiger partial charge in [0.1, 0.15) is 0 Å². The highest BCUT2D eigenvalue weighted by molar-refractivity contribution is 6.09. The molecule has 0 unspecified atom stereocenters. The van der Waals surface area contributed by atoms with Crippen LogP contribution in [0.5, 0.6) is 0 Å². The molecule has 3 N–H and O–H groups in total. The fourth-order valence-corrected chi connectivity index (χ4v) is 2.14. The van der Waals surface area contributed by atoms with Gasteiger partial charge in [-0.2, -0.15) is 13.2 Å². The number of nitrogens with zero attached hydrogens (tertiary/aromatic N) is 4. The van der Waals surface area contributed by atoms with Crippen molar-refractivity contribution < 1.29 is 13.2 Å². The van der Waals surface area contributed by atoms with Crippen molar-refractivity contribution in [3.63, 3.8) is 0 Å². The lowest BCUT2D eigenvalue weighted by molar-refractivity contribution is -0.141. The molecule has 2 aliphatic rings. The smallest absolute Gasteiger partial charge is 0.404 e. The van der Waals surface area contributed by atoms with E-state index in [-0.39, 0.29) is 17.7 Å². The van der Waals surface area contributed by atoms with Gasteiger partial charge in [-0.05, 0) is 12.5 Å². The molecule has 2 saturated heterocycles. The van der Waals surface area contributed by atoms with Crippen molar-refractivity contribution in [3.05, 3.63) is 23.7 Å².